The number of amides is 1. The summed E-state index contributed by atoms with van der Waals surface area (Å²) in [6.07, 6.45) is 11.6. The van der Waals surface area contributed by atoms with Gasteiger partial charge in [-0.3, -0.25) is 9.69 Å². The van der Waals surface area contributed by atoms with E-state index in [-0.39, 0.29) is 11.3 Å². The van der Waals surface area contributed by atoms with Gasteiger partial charge in [0.1, 0.15) is 18.1 Å². The van der Waals surface area contributed by atoms with Crippen molar-refractivity contribution in [3.63, 3.8) is 0 Å². The summed E-state index contributed by atoms with van der Waals surface area (Å²) in [6, 6.07) is 17.0. The van der Waals surface area contributed by atoms with Gasteiger partial charge in [0.05, 0.1) is 7.11 Å². The minimum Gasteiger partial charge on any atom is -0.497 e. The maximum absolute atomic E-state index is 13.1. The summed E-state index contributed by atoms with van der Waals surface area (Å²) >= 11 is 0. The van der Waals surface area contributed by atoms with Crippen LogP contribution in [0.2, 0.25) is 0 Å². The first kappa shape index (κ1) is 26.1. The summed E-state index contributed by atoms with van der Waals surface area (Å²) in [5.41, 5.74) is 2.89. The summed E-state index contributed by atoms with van der Waals surface area (Å²) in [6.45, 7) is 5.40. The summed E-state index contributed by atoms with van der Waals surface area (Å²) < 4.78 is 11.7. The van der Waals surface area contributed by atoms with Crippen LogP contribution >= 0.6 is 0 Å². The van der Waals surface area contributed by atoms with Crippen LogP contribution in [0.15, 0.2) is 48.5 Å². The molecule has 0 radical (unpaired) electrons. The third-order valence-electron chi connectivity index (χ3n) is 9.01. The molecule has 5 nitrogen and oxygen atoms in total. The molecular weight excluding hydrogens is 460 g/mol. The fourth-order valence-electron chi connectivity index (χ4n) is 6.75. The van der Waals surface area contributed by atoms with Crippen LogP contribution in [0, 0.1) is 11.3 Å². The van der Waals surface area contributed by atoms with E-state index in [4.69, 9.17) is 9.47 Å². The van der Waals surface area contributed by atoms with Crippen molar-refractivity contribution in [2.24, 2.45) is 11.3 Å². The highest BCUT2D eigenvalue weighted by molar-refractivity contribution is 5.79. The zero-order valence-corrected chi connectivity index (χ0v) is 22.6. The molecule has 200 valence electrons. The van der Waals surface area contributed by atoms with Gasteiger partial charge in [-0.25, -0.2) is 0 Å². The van der Waals surface area contributed by atoms with Crippen LogP contribution in [0.25, 0.3) is 0 Å². The van der Waals surface area contributed by atoms with Gasteiger partial charge in [0.15, 0.2) is 0 Å². The first-order valence-electron chi connectivity index (χ1n) is 14.5. The predicted octanol–water partition coefficient (Wildman–Crippen LogP) is 6.10. The third-order valence-corrected chi connectivity index (χ3v) is 9.01. The molecule has 37 heavy (non-hydrogen) atoms. The number of carbonyl (C=O) groups is 1. The van der Waals surface area contributed by atoms with Crippen LogP contribution in [-0.2, 0) is 17.8 Å². The number of rotatable bonds is 4. The molecule has 2 fully saturated rings. The average Bonchev–Trinajstić information content (AvgIpc) is 3.47. The van der Waals surface area contributed by atoms with Crippen LogP contribution in [-0.4, -0.2) is 55.6 Å². The lowest BCUT2D eigenvalue weighted by atomic mass is 9.73. The van der Waals surface area contributed by atoms with Crippen molar-refractivity contribution in [1.29, 1.82) is 0 Å². The minimum atomic E-state index is 0.262. The summed E-state index contributed by atoms with van der Waals surface area (Å²) in [5, 5.41) is 0. The molecule has 0 unspecified atom stereocenters. The lowest BCUT2D eigenvalue weighted by Gasteiger charge is -2.45. The number of benzene rings is 2. The molecular formula is C32H44N2O3. The molecule has 1 spiro atoms. The fourth-order valence-corrected chi connectivity index (χ4v) is 6.75. The number of nitrogens with zero attached hydrogens (tertiary/aromatic N) is 2. The zero-order chi connectivity index (χ0) is 25.5. The van der Waals surface area contributed by atoms with Crippen molar-refractivity contribution >= 4 is 5.91 Å². The Hall–Kier alpha value is -2.53. The van der Waals surface area contributed by atoms with Gasteiger partial charge in [-0.1, -0.05) is 49.6 Å². The Morgan fingerprint density at radius 1 is 0.946 bits per heavy atom. The van der Waals surface area contributed by atoms with Gasteiger partial charge in [-0.15, -0.1) is 0 Å². The van der Waals surface area contributed by atoms with Crippen LogP contribution in [0.1, 0.15) is 68.9 Å². The normalized spacial score (nSPS) is 21.5. The number of hydrogen-bond donors (Lipinski definition) is 0. The zero-order valence-electron chi connectivity index (χ0n) is 22.6. The molecule has 2 aliphatic heterocycles. The quantitative estimate of drug-likeness (QED) is 0.504. The minimum absolute atomic E-state index is 0.262. The van der Waals surface area contributed by atoms with Gasteiger partial charge in [-0.05, 0) is 79.7 Å². The van der Waals surface area contributed by atoms with Crippen molar-refractivity contribution in [3.05, 3.63) is 59.7 Å². The molecule has 2 aromatic rings. The van der Waals surface area contributed by atoms with Gasteiger partial charge < -0.3 is 14.4 Å². The van der Waals surface area contributed by atoms with Gasteiger partial charge in [0.25, 0.3) is 0 Å². The summed E-state index contributed by atoms with van der Waals surface area (Å²) in [5.74, 6) is 2.66. The van der Waals surface area contributed by atoms with Crippen molar-refractivity contribution < 1.29 is 14.3 Å². The van der Waals surface area contributed by atoms with Crippen molar-refractivity contribution in [1.82, 2.24) is 9.80 Å². The maximum Gasteiger partial charge on any atom is 0.225 e. The molecule has 0 aromatic heterocycles. The van der Waals surface area contributed by atoms with E-state index in [1.54, 1.807) is 7.11 Å². The maximum atomic E-state index is 13.1. The van der Waals surface area contributed by atoms with E-state index in [9.17, 15) is 4.79 Å². The van der Waals surface area contributed by atoms with E-state index in [0.717, 1.165) is 76.3 Å². The number of ether oxygens (including phenoxy) is 2. The Balaban J connectivity index is 1.31. The van der Waals surface area contributed by atoms with Crippen LogP contribution < -0.4 is 9.47 Å². The van der Waals surface area contributed by atoms with Crippen LogP contribution in [0.3, 0.4) is 0 Å². The van der Waals surface area contributed by atoms with Crippen molar-refractivity contribution in [2.45, 2.75) is 70.8 Å². The molecule has 5 rings (SSSR count). The van der Waals surface area contributed by atoms with Gasteiger partial charge >= 0.3 is 0 Å². The van der Waals surface area contributed by atoms with Crippen LogP contribution in [0.5, 0.6) is 11.5 Å². The second kappa shape index (κ2) is 12.3. The molecule has 1 saturated heterocycles. The molecule has 2 heterocycles. The molecule has 0 N–H and O–H groups in total. The number of aryl methyl sites for hydroxylation is 1. The Bertz CT molecular complexity index is 1010. The summed E-state index contributed by atoms with van der Waals surface area (Å²) in [7, 11) is 1.72. The SMILES string of the molecule is COc1ccc(CN2CCOc3ccccc3CCCCC3(CCN(C(=O)C4CCCC4)CC3)C2)cc1. The predicted molar refractivity (Wildman–Crippen MR) is 148 cm³/mol. The second-order valence-electron chi connectivity index (χ2n) is 11.5. The Labute approximate surface area is 223 Å². The molecule has 2 aromatic carbocycles. The first-order chi connectivity index (χ1) is 18.1. The van der Waals surface area contributed by atoms with E-state index in [1.807, 2.05) is 0 Å². The molecule has 3 aliphatic rings. The largest absolute Gasteiger partial charge is 0.497 e. The van der Waals surface area contributed by atoms with Crippen LogP contribution in [0.4, 0.5) is 0 Å². The highest BCUT2D eigenvalue weighted by Crippen LogP contribution is 2.40. The number of methoxy groups -OCH3 is 1. The van der Waals surface area contributed by atoms with Gasteiger partial charge in [0, 0.05) is 38.6 Å². The first-order valence-corrected chi connectivity index (χ1v) is 14.5. The van der Waals surface area contributed by atoms with E-state index in [2.05, 4.69) is 58.3 Å². The standard InChI is InChI=1S/C32H44N2O3/c1-36-29-15-13-26(14-16-29)24-33-22-23-37-30-12-5-4-8-27(30)9-6-7-17-32(25-33)18-20-34(21-19-32)31(35)28-10-2-3-11-28/h4-5,8,12-16,28H,2-3,6-7,9-11,17-25H2,1H3. The topological polar surface area (TPSA) is 42.0 Å². The third kappa shape index (κ3) is 6.67. The second-order valence-corrected chi connectivity index (χ2v) is 11.5. The molecule has 1 amide bonds. The molecule has 1 saturated carbocycles. The van der Waals surface area contributed by atoms with Crippen molar-refractivity contribution in [2.75, 3.05) is 39.9 Å². The molecule has 0 bridgehead atoms. The number of likely N-dealkylation sites (tertiary alicyclic amines) is 1. The Kier molecular flexibility index (Phi) is 8.70. The number of para-hydroxylation sites is 1. The van der Waals surface area contributed by atoms with Crippen molar-refractivity contribution in [3.8, 4) is 11.5 Å². The van der Waals surface area contributed by atoms with Gasteiger partial charge in [-0.2, -0.15) is 0 Å². The van der Waals surface area contributed by atoms with E-state index >= 15 is 0 Å². The number of piperidine rings is 1. The lowest BCUT2D eigenvalue weighted by molar-refractivity contribution is -0.138. The lowest BCUT2D eigenvalue weighted by Crippen LogP contribution is -2.49. The number of carbonyl (C=O) groups excluding carboxylic acids is 1. The smallest absolute Gasteiger partial charge is 0.225 e. The van der Waals surface area contributed by atoms with Gasteiger partial charge in [0.2, 0.25) is 5.91 Å². The van der Waals surface area contributed by atoms with E-state index in [1.165, 1.54) is 43.2 Å². The Morgan fingerprint density at radius 2 is 1.70 bits per heavy atom. The average molecular weight is 505 g/mol. The highest BCUT2D eigenvalue weighted by Gasteiger charge is 2.38. The molecule has 0 atom stereocenters. The van der Waals surface area contributed by atoms with E-state index in [0.29, 0.717) is 12.5 Å². The number of fused-ring (bicyclic) bond motifs is 1. The summed E-state index contributed by atoms with van der Waals surface area (Å²) in [4.78, 5) is 17.9. The number of hydrogen-bond acceptors (Lipinski definition) is 4. The molecule has 5 heteroatoms. The van der Waals surface area contributed by atoms with E-state index < -0.39 is 0 Å². The Morgan fingerprint density at radius 3 is 2.46 bits per heavy atom. The highest BCUT2D eigenvalue weighted by atomic mass is 16.5. The monoisotopic (exact) mass is 504 g/mol. The fraction of sp³-hybridized carbons (Fsp3) is 0.594. The molecule has 1 aliphatic carbocycles.